The average Bonchev–Trinajstić information content (AvgIpc) is 2.42. The summed E-state index contributed by atoms with van der Waals surface area (Å²) in [6, 6.07) is 8.21. The van der Waals surface area contributed by atoms with Crippen molar-refractivity contribution in [2.75, 3.05) is 20.2 Å². The Morgan fingerprint density at radius 1 is 1.37 bits per heavy atom. The van der Waals surface area contributed by atoms with Crippen molar-refractivity contribution in [2.24, 2.45) is 5.73 Å². The lowest BCUT2D eigenvalue weighted by molar-refractivity contribution is -0.142. The highest BCUT2D eigenvalue weighted by molar-refractivity contribution is 5.81. The van der Waals surface area contributed by atoms with Crippen molar-refractivity contribution < 1.29 is 9.53 Å². The van der Waals surface area contributed by atoms with Crippen molar-refractivity contribution in [1.29, 1.82) is 0 Å². The molecule has 0 radical (unpaired) electrons. The molecule has 0 saturated carbocycles. The minimum atomic E-state index is -0.544. The van der Waals surface area contributed by atoms with Crippen LogP contribution in [-0.2, 0) is 16.1 Å². The number of ether oxygens (including phenoxy) is 1. The second kappa shape index (κ2) is 7.92. The highest BCUT2D eigenvalue weighted by Crippen LogP contribution is 2.09. The fourth-order valence-electron chi connectivity index (χ4n) is 1.95. The van der Waals surface area contributed by atoms with Crippen LogP contribution >= 0.6 is 0 Å². The zero-order valence-electron chi connectivity index (χ0n) is 12.1. The van der Waals surface area contributed by atoms with Gasteiger partial charge in [0.1, 0.15) is 6.10 Å². The quantitative estimate of drug-likeness (QED) is 0.815. The molecule has 0 aliphatic rings. The Morgan fingerprint density at radius 3 is 2.47 bits per heavy atom. The zero-order chi connectivity index (χ0) is 14.3. The van der Waals surface area contributed by atoms with Gasteiger partial charge in [0.15, 0.2) is 0 Å². The minimum absolute atomic E-state index is 0.0348. The van der Waals surface area contributed by atoms with Gasteiger partial charge in [-0.15, -0.1) is 0 Å². The summed E-state index contributed by atoms with van der Waals surface area (Å²) < 4.78 is 5.13. The van der Waals surface area contributed by atoms with E-state index in [4.69, 9.17) is 10.5 Å². The molecule has 1 atom stereocenters. The lowest BCUT2D eigenvalue weighted by Crippen LogP contribution is -2.43. The van der Waals surface area contributed by atoms with E-state index < -0.39 is 6.10 Å². The molecule has 19 heavy (non-hydrogen) atoms. The van der Waals surface area contributed by atoms with E-state index in [9.17, 15) is 4.79 Å². The number of benzene rings is 1. The number of amides is 1. The zero-order valence-corrected chi connectivity index (χ0v) is 12.1. The smallest absolute Gasteiger partial charge is 0.253 e. The van der Waals surface area contributed by atoms with Crippen LogP contribution in [0, 0.1) is 6.92 Å². The summed E-state index contributed by atoms with van der Waals surface area (Å²) in [4.78, 5) is 14.1. The molecule has 0 aliphatic heterocycles. The fraction of sp³-hybridized carbons (Fsp3) is 0.533. The minimum Gasteiger partial charge on any atom is -0.370 e. The standard InChI is InChI=1S/C15H24N2O2/c1-4-9-17(15(18)14(10-16)19-3)11-13-7-5-12(2)6-8-13/h5-8,14H,4,9-11,16H2,1-3H3. The lowest BCUT2D eigenvalue weighted by atomic mass is 10.1. The summed E-state index contributed by atoms with van der Waals surface area (Å²) in [6.07, 6.45) is 0.371. The van der Waals surface area contributed by atoms with Gasteiger partial charge in [-0.1, -0.05) is 36.8 Å². The van der Waals surface area contributed by atoms with E-state index in [2.05, 4.69) is 31.2 Å². The predicted molar refractivity (Wildman–Crippen MR) is 76.7 cm³/mol. The van der Waals surface area contributed by atoms with Crippen molar-refractivity contribution >= 4 is 5.91 Å². The molecular formula is C15H24N2O2. The first-order valence-electron chi connectivity index (χ1n) is 6.69. The molecule has 4 heteroatoms. The number of carbonyl (C=O) groups excluding carboxylic acids is 1. The van der Waals surface area contributed by atoms with E-state index in [0.29, 0.717) is 13.1 Å². The van der Waals surface area contributed by atoms with Gasteiger partial charge in [-0.3, -0.25) is 4.79 Å². The van der Waals surface area contributed by atoms with E-state index in [-0.39, 0.29) is 12.5 Å². The molecule has 1 amide bonds. The number of hydrogen-bond acceptors (Lipinski definition) is 3. The number of hydrogen-bond donors (Lipinski definition) is 1. The van der Waals surface area contributed by atoms with Gasteiger partial charge in [-0.25, -0.2) is 0 Å². The van der Waals surface area contributed by atoms with E-state index in [0.717, 1.165) is 12.0 Å². The first-order valence-corrected chi connectivity index (χ1v) is 6.69. The van der Waals surface area contributed by atoms with Gasteiger partial charge < -0.3 is 15.4 Å². The van der Waals surface area contributed by atoms with E-state index in [1.54, 1.807) is 0 Å². The number of carbonyl (C=O) groups is 1. The third-order valence-corrected chi connectivity index (χ3v) is 3.07. The van der Waals surface area contributed by atoms with Gasteiger partial charge in [-0.05, 0) is 18.9 Å². The predicted octanol–water partition coefficient (Wildman–Crippen LogP) is 1.71. The summed E-state index contributed by atoms with van der Waals surface area (Å²) in [7, 11) is 1.52. The van der Waals surface area contributed by atoms with Crippen molar-refractivity contribution in [3.63, 3.8) is 0 Å². The molecule has 0 saturated heterocycles. The topological polar surface area (TPSA) is 55.6 Å². The van der Waals surface area contributed by atoms with Crippen LogP contribution in [0.5, 0.6) is 0 Å². The Morgan fingerprint density at radius 2 is 2.00 bits per heavy atom. The largest absolute Gasteiger partial charge is 0.370 e. The molecule has 0 fully saturated rings. The molecule has 0 aromatic heterocycles. The van der Waals surface area contributed by atoms with Crippen molar-refractivity contribution in [1.82, 2.24) is 4.90 Å². The Bertz CT molecular complexity index is 386. The number of methoxy groups -OCH3 is 1. The molecule has 1 rings (SSSR count). The van der Waals surface area contributed by atoms with Gasteiger partial charge in [0.2, 0.25) is 0 Å². The van der Waals surface area contributed by atoms with E-state index >= 15 is 0 Å². The van der Waals surface area contributed by atoms with Crippen LogP contribution in [0.1, 0.15) is 24.5 Å². The van der Waals surface area contributed by atoms with Gasteiger partial charge >= 0.3 is 0 Å². The van der Waals surface area contributed by atoms with Gasteiger partial charge in [0.05, 0.1) is 0 Å². The molecule has 1 aromatic carbocycles. The van der Waals surface area contributed by atoms with Crippen molar-refractivity contribution in [3.05, 3.63) is 35.4 Å². The first-order chi connectivity index (χ1) is 9.12. The summed E-state index contributed by atoms with van der Waals surface area (Å²) in [5.74, 6) is -0.0348. The lowest BCUT2D eigenvalue weighted by Gasteiger charge is -2.26. The third kappa shape index (κ3) is 4.65. The normalized spacial score (nSPS) is 12.2. The Balaban J connectivity index is 2.76. The monoisotopic (exact) mass is 264 g/mol. The number of nitrogens with two attached hydrogens (primary N) is 1. The van der Waals surface area contributed by atoms with Crippen LogP contribution in [0.25, 0.3) is 0 Å². The number of rotatable bonds is 7. The van der Waals surface area contributed by atoms with Crippen LogP contribution in [0.2, 0.25) is 0 Å². The first kappa shape index (κ1) is 15.7. The maximum Gasteiger partial charge on any atom is 0.253 e. The molecule has 2 N–H and O–H groups in total. The Hall–Kier alpha value is -1.39. The van der Waals surface area contributed by atoms with Crippen LogP contribution in [-0.4, -0.2) is 37.1 Å². The Kier molecular flexibility index (Phi) is 6.53. The Labute approximate surface area is 115 Å². The molecular weight excluding hydrogens is 240 g/mol. The molecule has 0 spiro atoms. The molecule has 0 heterocycles. The highest BCUT2D eigenvalue weighted by atomic mass is 16.5. The molecule has 1 unspecified atom stereocenters. The van der Waals surface area contributed by atoms with Crippen LogP contribution < -0.4 is 5.73 Å². The molecule has 1 aromatic rings. The maximum absolute atomic E-state index is 12.3. The number of nitrogens with zero attached hydrogens (tertiary/aromatic N) is 1. The maximum atomic E-state index is 12.3. The fourth-order valence-corrected chi connectivity index (χ4v) is 1.95. The second-order valence-corrected chi connectivity index (χ2v) is 4.71. The van der Waals surface area contributed by atoms with E-state index in [1.165, 1.54) is 12.7 Å². The van der Waals surface area contributed by atoms with Gasteiger partial charge in [0.25, 0.3) is 5.91 Å². The summed E-state index contributed by atoms with van der Waals surface area (Å²) in [5.41, 5.74) is 7.90. The van der Waals surface area contributed by atoms with Crippen LogP contribution in [0.3, 0.4) is 0 Å². The number of aryl methyl sites for hydroxylation is 1. The van der Waals surface area contributed by atoms with Crippen molar-refractivity contribution in [3.8, 4) is 0 Å². The SMILES string of the molecule is CCCN(Cc1ccc(C)cc1)C(=O)C(CN)OC. The van der Waals surface area contributed by atoms with Gasteiger partial charge in [0, 0.05) is 26.7 Å². The average molecular weight is 264 g/mol. The van der Waals surface area contributed by atoms with Crippen LogP contribution in [0.15, 0.2) is 24.3 Å². The van der Waals surface area contributed by atoms with Crippen LogP contribution in [0.4, 0.5) is 0 Å². The van der Waals surface area contributed by atoms with Crippen molar-refractivity contribution in [2.45, 2.75) is 32.9 Å². The molecule has 0 bridgehead atoms. The second-order valence-electron chi connectivity index (χ2n) is 4.71. The molecule has 4 nitrogen and oxygen atoms in total. The summed E-state index contributed by atoms with van der Waals surface area (Å²) in [5, 5.41) is 0. The highest BCUT2D eigenvalue weighted by Gasteiger charge is 2.22. The molecule has 0 aliphatic carbocycles. The molecule has 106 valence electrons. The van der Waals surface area contributed by atoms with E-state index in [1.807, 2.05) is 11.8 Å². The summed E-state index contributed by atoms with van der Waals surface area (Å²) in [6.45, 7) is 5.64. The van der Waals surface area contributed by atoms with Gasteiger partial charge in [-0.2, -0.15) is 0 Å². The summed E-state index contributed by atoms with van der Waals surface area (Å²) >= 11 is 0. The third-order valence-electron chi connectivity index (χ3n) is 3.07.